The molecule has 0 aliphatic heterocycles. The van der Waals surface area contributed by atoms with Gasteiger partial charge in [-0.3, -0.25) is 0 Å². The number of fused-ring (bicyclic) bond motifs is 2. The lowest BCUT2D eigenvalue weighted by atomic mass is 9.76. The zero-order valence-electron chi connectivity index (χ0n) is 13.6. The van der Waals surface area contributed by atoms with Crippen molar-refractivity contribution < 1.29 is 0 Å². The van der Waals surface area contributed by atoms with E-state index in [1.807, 2.05) is 24.3 Å². The summed E-state index contributed by atoms with van der Waals surface area (Å²) in [5.41, 5.74) is 11.1. The molecule has 3 aromatic rings. The zero-order chi connectivity index (χ0) is 16.0. The van der Waals surface area contributed by atoms with Crippen LogP contribution in [0.1, 0.15) is 37.3 Å². The number of hydrogen-bond donors (Lipinski definition) is 1. The lowest BCUT2D eigenvalue weighted by Gasteiger charge is -2.29. The Hall–Kier alpha value is -2.42. The minimum absolute atomic E-state index is 0.556. The summed E-state index contributed by atoms with van der Waals surface area (Å²) in [4.78, 5) is 9.37. The molecule has 3 heteroatoms. The van der Waals surface area contributed by atoms with Crippen LogP contribution in [0.25, 0.3) is 22.3 Å². The van der Waals surface area contributed by atoms with Crippen LogP contribution in [-0.4, -0.2) is 9.97 Å². The molecule has 1 heterocycles. The Morgan fingerprint density at radius 3 is 2.70 bits per heavy atom. The maximum absolute atomic E-state index is 6.17. The SMILES string of the molecule is CC1Cc2c(-c3nc(N)c4ccccc4n3)cccc2C(C)C1. The Kier molecular flexibility index (Phi) is 3.29. The van der Waals surface area contributed by atoms with Crippen LogP contribution < -0.4 is 5.73 Å². The lowest BCUT2D eigenvalue weighted by Crippen LogP contribution is -2.16. The molecule has 0 radical (unpaired) electrons. The van der Waals surface area contributed by atoms with E-state index in [9.17, 15) is 0 Å². The van der Waals surface area contributed by atoms with Crippen molar-refractivity contribution in [3.63, 3.8) is 0 Å². The minimum atomic E-state index is 0.556. The van der Waals surface area contributed by atoms with E-state index >= 15 is 0 Å². The Labute approximate surface area is 136 Å². The summed E-state index contributed by atoms with van der Waals surface area (Å²) < 4.78 is 0. The average Bonchev–Trinajstić information content (AvgIpc) is 2.54. The fourth-order valence-corrected chi connectivity index (χ4v) is 3.89. The second kappa shape index (κ2) is 5.34. The first-order valence-electron chi connectivity index (χ1n) is 8.28. The van der Waals surface area contributed by atoms with Gasteiger partial charge >= 0.3 is 0 Å². The summed E-state index contributed by atoms with van der Waals surface area (Å²) in [5, 5.41) is 0.919. The number of aromatic nitrogens is 2. The van der Waals surface area contributed by atoms with Crippen molar-refractivity contribution in [1.82, 2.24) is 9.97 Å². The molecule has 3 nitrogen and oxygen atoms in total. The van der Waals surface area contributed by atoms with Gasteiger partial charge in [0.2, 0.25) is 0 Å². The lowest BCUT2D eigenvalue weighted by molar-refractivity contribution is 0.450. The first kappa shape index (κ1) is 14.2. The molecule has 23 heavy (non-hydrogen) atoms. The van der Waals surface area contributed by atoms with Crippen molar-refractivity contribution in [2.24, 2.45) is 5.92 Å². The molecule has 2 unspecified atom stereocenters. The highest BCUT2D eigenvalue weighted by Gasteiger charge is 2.24. The zero-order valence-corrected chi connectivity index (χ0v) is 13.6. The maximum Gasteiger partial charge on any atom is 0.162 e. The number of rotatable bonds is 1. The Bertz CT molecular complexity index is 885. The molecule has 2 N–H and O–H groups in total. The van der Waals surface area contributed by atoms with E-state index in [1.165, 1.54) is 17.5 Å². The van der Waals surface area contributed by atoms with Crippen molar-refractivity contribution in [3.05, 3.63) is 53.6 Å². The van der Waals surface area contributed by atoms with Crippen molar-refractivity contribution in [2.75, 3.05) is 5.73 Å². The van der Waals surface area contributed by atoms with E-state index in [-0.39, 0.29) is 0 Å². The first-order chi connectivity index (χ1) is 11.1. The second-order valence-corrected chi connectivity index (χ2v) is 6.77. The Morgan fingerprint density at radius 2 is 1.83 bits per heavy atom. The van der Waals surface area contributed by atoms with E-state index in [0.717, 1.165) is 28.7 Å². The van der Waals surface area contributed by atoms with Gasteiger partial charge in [-0.1, -0.05) is 44.2 Å². The molecular weight excluding hydrogens is 282 g/mol. The molecule has 116 valence electrons. The van der Waals surface area contributed by atoms with Crippen LogP contribution in [0.2, 0.25) is 0 Å². The van der Waals surface area contributed by atoms with Crippen molar-refractivity contribution in [2.45, 2.75) is 32.6 Å². The van der Waals surface area contributed by atoms with Gasteiger partial charge < -0.3 is 5.73 Å². The highest BCUT2D eigenvalue weighted by molar-refractivity contribution is 5.89. The molecule has 0 spiro atoms. The molecule has 1 aliphatic carbocycles. The van der Waals surface area contributed by atoms with Gasteiger partial charge in [0.1, 0.15) is 5.82 Å². The fraction of sp³-hybridized carbons (Fsp3) is 0.300. The molecule has 1 aliphatic rings. The van der Waals surface area contributed by atoms with Gasteiger partial charge in [-0.05, 0) is 47.9 Å². The Morgan fingerprint density at radius 1 is 1.00 bits per heavy atom. The van der Waals surface area contributed by atoms with E-state index < -0.39 is 0 Å². The quantitative estimate of drug-likeness (QED) is 0.716. The number of hydrogen-bond acceptors (Lipinski definition) is 3. The monoisotopic (exact) mass is 303 g/mol. The van der Waals surface area contributed by atoms with Crippen molar-refractivity contribution >= 4 is 16.7 Å². The number of nitrogens with two attached hydrogens (primary N) is 1. The fourth-order valence-electron chi connectivity index (χ4n) is 3.89. The topological polar surface area (TPSA) is 51.8 Å². The summed E-state index contributed by atoms with van der Waals surface area (Å²) in [7, 11) is 0. The molecule has 2 atom stereocenters. The normalized spacial score (nSPS) is 20.4. The van der Waals surface area contributed by atoms with Crippen LogP contribution in [-0.2, 0) is 6.42 Å². The summed E-state index contributed by atoms with van der Waals surface area (Å²) in [5.74, 6) is 2.59. The molecule has 1 aromatic heterocycles. The summed E-state index contributed by atoms with van der Waals surface area (Å²) in [6.45, 7) is 4.64. The molecular formula is C20H21N3. The van der Waals surface area contributed by atoms with Crippen LogP contribution >= 0.6 is 0 Å². The van der Waals surface area contributed by atoms with Crippen LogP contribution in [0.15, 0.2) is 42.5 Å². The molecule has 0 amide bonds. The van der Waals surface area contributed by atoms with Gasteiger partial charge in [-0.2, -0.15) is 0 Å². The predicted octanol–water partition coefficient (Wildman–Crippen LogP) is 4.56. The summed E-state index contributed by atoms with van der Waals surface area (Å²) >= 11 is 0. The predicted molar refractivity (Wildman–Crippen MR) is 95.3 cm³/mol. The molecule has 0 saturated heterocycles. The summed E-state index contributed by atoms with van der Waals surface area (Å²) in [6, 6.07) is 14.4. The third-order valence-electron chi connectivity index (χ3n) is 4.93. The third-order valence-corrected chi connectivity index (χ3v) is 4.93. The second-order valence-electron chi connectivity index (χ2n) is 6.77. The number of benzene rings is 2. The number of anilines is 1. The number of para-hydroxylation sites is 1. The molecule has 0 saturated carbocycles. The average molecular weight is 303 g/mol. The summed E-state index contributed by atoms with van der Waals surface area (Å²) in [6.07, 6.45) is 2.34. The number of nitrogens with zero attached hydrogens (tertiary/aromatic N) is 2. The van der Waals surface area contributed by atoms with E-state index in [1.54, 1.807) is 0 Å². The third kappa shape index (κ3) is 2.37. The highest BCUT2D eigenvalue weighted by atomic mass is 14.9. The highest BCUT2D eigenvalue weighted by Crippen LogP contribution is 2.39. The standard InChI is InChI=1S/C20H21N3/c1-12-10-13(2)14-7-5-8-15(17(14)11-12)20-22-18-9-4-3-6-16(18)19(21)23-20/h3-9,12-13H,10-11H2,1-2H3,(H2,21,22,23). The van der Waals surface area contributed by atoms with Gasteiger partial charge in [-0.15, -0.1) is 0 Å². The van der Waals surface area contributed by atoms with Crippen molar-refractivity contribution in [3.8, 4) is 11.4 Å². The van der Waals surface area contributed by atoms with E-state index in [2.05, 4.69) is 37.0 Å². The largest absolute Gasteiger partial charge is 0.383 e. The van der Waals surface area contributed by atoms with Crippen LogP contribution in [0.3, 0.4) is 0 Å². The van der Waals surface area contributed by atoms with Gasteiger partial charge in [-0.25, -0.2) is 9.97 Å². The van der Waals surface area contributed by atoms with E-state index in [0.29, 0.717) is 17.7 Å². The maximum atomic E-state index is 6.17. The molecule has 4 rings (SSSR count). The smallest absolute Gasteiger partial charge is 0.162 e. The molecule has 2 aromatic carbocycles. The van der Waals surface area contributed by atoms with Gasteiger partial charge in [0.05, 0.1) is 5.52 Å². The minimum Gasteiger partial charge on any atom is -0.383 e. The van der Waals surface area contributed by atoms with Gasteiger partial charge in [0.15, 0.2) is 5.82 Å². The molecule has 0 fully saturated rings. The number of nitrogen functional groups attached to an aromatic ring is 1. The van der Waals surface area contributed by atoms with Crippen LogP contribution in [0.4, 0.5) is 5.82 Å². The first-order valence-corrected chi connectivity index (χ1v) is 8.28. The Balaban J connectivity index is 1.94. The van der Waals surface area contributed by atoms with Crippen LogP contribution in [0.5, 0.6) is 0 Å². The van der Waals surface area contributed by atoms with E-state index in [4.69, 9.17) is 10.7 Å². The van der Waals surface area contributed by atoms with Gasteiger partial charge in [0, 0.05) is 10.9 Å². The van der Waals surface area contributed by atoms with Gasteiger partial charge in [0.25, 0.3) is 0 Å². The molecule has 0 bridgehead atoms. The van der Waals surface area contributed by atoms with Crippen molar-refractivity contribution in [1.29, 1.82) is 0 Å². The van der Waals surface area contributed by atoms with Crippen LogP contribution in [0, 0.1) is 5.92 Å².